The number of hydrogen-bond acceptors (Lipinski definition) is 4. The van der Waals surface area contributed by atoms with Gasteiger partial charge in [-0.15, -0.1) is 24.8 Å². The molecule has 0 unspecified atom stereocenters. The van der Waals surface area contributed by atoms with Crippen molar-refractivity contribution in [2.24, 2.45) is 5.41 Å². The van der Waals surface area contributed by atoms with Crippen LogP contribution < -0.4 is 10.6 Å². The second kappa shape index (κ2) is 11.9. The van der Waals surface area contributed by atoms with Gasteiger partial charge in [0.1, 0.15) is 0 Å². The lowest BCUT2D eigenvalue weighted by atomic mass is 9.81. The number of carbonyl (C=O) groups excluding carboxylic acids is 1. The van der Waals surface area contributed by atoms with Crippen molar-refractivity contribution in [2.45, 2.75) is 26.3 Å². The van der Waals surface area contributed by atoms with E-state index in [1.165, 1.54) is 5.56 Å². The zero-order valence-corrected chi connectivity index (χ0v) is 17.9. The summed E-state index contributed by atoms with van der Waals surface area (Å²) in [6.45, 7) is 10.8. The highest BCUT2D eigenvalue weighted by molar-refractivity contribution is 5.85. The Balaban J connectivity index is 0.00000182. The van der Waals surface area contributed by atoms with Crippen molar-refractivity contribution in [1.29, 1.82) is 0 Å². The van der Waals surface area contributed by atoms with Gasteiger partial charge in [-0.3, -0.25) is 14.6 Å². The molecule has 1 aromatic rings. The lowest BCUT2D eigenvalue weighted by Gasteiger charge is -2.36. The zero-order chi connectivity index (χ0) is 17.5. The molecule has 1 aromatic carbocycles. The van der Waals surface area contributed by atoms with Crippen molar-refractivity contribution < 1.29 is 4.79 Å². The maximum Gasteiger partial charge on any atom is 0.234 e. The number of nitrogens with zero attached hydrogens (tertiary/aromatic N) is 2. The first kappa shape index (κ1) is 24.2. The first-order chi connectivity index (χ1) is 12.1. The van der Waals surface area contributed by atoms with Gasteiger partial charge in [-0.1, -0.05) is 37.3 Å². The number of hydrogen-bond donors (Lipinski definition) is 2. The summed E-state index contributed by atoms with van der Waals surface area (Å²) in [7, 11) is 0. The Labute approximate surface area is 176 Å². The molecule has 1 amide bonds. The highest BCUT2D eigenvalue weighted by Crippen LogP contribution is 2.26. The molecule has 7 heteroatoms. The number of carbonyl (C=O) groups is 1. The fourth-order valence-electron chi connectivity index (χ4n) is 3.73. The van der Waals surface area contributed by atoms with Crippen LogP contribution in [0.5, 0.6) is 0 Å². The zero-order valence-electron chi connectivity index (χ0n) is 16.3. The minimum absolute atomic E-state index is 0. The molecule has 0 atom stereocenters. The molecule has 2 saturated heterocycles. The maximum atomic E-state index is 12.3. The van der Waals surface area contributed by atoms with Crippen LogP contribution in [0.3, 0.4) is 0 Å². The summed E-state index contributed by atoms with van der Waals surface area (Å²) in [5.41, 5.74) is 1.62. The van der Waals surface area contributed by atoms with Crippen molar-refractivity contribution in [1.82, 2.24) is 20.4 Å². The van der Waals surface area contributed by atoms with Gasteiger partial charge in [0.15, 0.2) is 0 Å². The molecule has 3 rings (SSSR count). The first-order valence-electron chi connectivity index (χ1n) is 9.59. The highest BCUT2D eigenvalue weighted by Gasteiger charge is 2.27. The number of piperazine rings is 1. The second-order valence-corrected chi connectivity index (χ2v) is 7.88. The summed E-state index contributed by atoms with van der Waals surface area (Å²) in [6.07, 6.45) is 2.29. The predicted octanol–water partition coefficient (Wildman–Crippen LogP) is 2.15. The molecule has 2 fully saturated rings. The molecule has 0 aromatic heterocycles. The summed E-state index contributed by atoms with van der Waals surface area (Å²) >= 11 is 0. The normalized spacial score (nSPS) is 20.2. The summed E-state index contributed by atoms with van der Waals surface area (Å²) < 4.78 is 0. The van der Waals surface area contributed by atoms with Crippen molar-refractivity contribution in [3.8, 4) is 0 Å². The molecule has 0 saturated carbocycles. The number of benzene rings is 1. The van der Waals surface area contributed by atoms with Crippen LogP contribution in [0, 0.1) is 5.41 Å². The van der Waals surface area contributed by atoms with Crippen LogP contribution in [-0.4, -0.2) is 68.1 Å². The van der Waals surface area contributed by atoms with E-state index in [1.807, 2.05) is 0 Å². The molecule has 2 aliphatic rings. The third kappa shape index (κ3) is 7.96. The maximum absolute atomic E-state index is 12.3. The van der Waals surface area contributed by atoms with E-state index in [2.05, 4.69) is 57.7 Å². The Morgan fingerprint density at radius 3 is 2.26 bits per heavy atom. The van der Waals surface area contributed by atoms with Gasteiger partial charge < -0.3 is 10.6 Å². The Hall–Kier alpha value is -0.850. The number of amides is 1. The topological polar surface area (TPSA) is 47.6 Å². The van der Waals surface area contributed by atoms with Crippen LogP contribution in [0.15, 0.2) is 30.3 Å². The Bertz CT molecular complexity index is 544. The minimum Gasteiger partial charge on any atom is -0.354 e. The lowest BCUT2D eigenvalue weighted by molar-refractivity contribution is -0.123. The van der Waals surface area contributed by atoms with E-state index in [4.69, 9.17) is 0 Å². The quantitative estimate of drug-likeness (QED) is 0.745. The predicted molar refractivity (Wildman–Crippen MR) is 116 cm³/mol. The summed E-state index contributed by atoms with van der Waals surface area (Å²) in [4.78, 5) is 17.0. The molecule has 0 bridgehead atoms. The Morgan fingerprint density at radius 2 is 1.63 bits per heavy atom. The van der Waals surface area contributed by atoms with Gasteiger partial charge in [0, 0.05) is 39.3 Å². The Morgan fingerprint density at radius 1 is 1.04 bits per heavy atom. The summed E-state index contributed by atoms with van der Waals surface area (Å²) in [6, 6.07) is 10.6. The van der Waals surface area contributed by atoms with E-state index in [0.717, 1.165) is 65.2 Å². The van der Waals surface area contributed by atoms with Gasteiger partial charge in [0.05, 0.1) is 6.54 Å². The lowest BCUT2D eigenvalue weighted by Crippen LogP contribution is -2.50. The SMILES string of the molecule is CC1(CNC(=O)CN2CCN(Cc3ccccc3)CC2)CCNCC1.Cl.Cl. The van der Waals surface area contributed by atoms with Crippen LogP contribution >= 0.6 is 24.8 Å². The molecular formula is C20H34Cl2N4O. The van der Waals surface area contributed by atoms with E-state index in [0.29, 0.717) is 6.54 Å². The smallest absolute Gasteiger partial charge is 0.234 e. The molecule has 5 nitrogen and oxygen atoms in total. The van der Waals surface area contributed by atoms with Crippen molar-refractivity contribution in [3.05, 3.63) is 35.9 Å². The fraction of sp³-hybridized carbons (Fsp3) is 0.650. The van der Waals surface area contributed by atoms with E-state index in [9.17, 15) is 4.79 Å². The van der Waals surface area contributed by atoms with Gasteiger partial charge in [0.25, 0.3) is 0 Å². The molecular weight excluding hydrogens is 383 g/mol. The summed E-state index contributed by atoms with van der Waals surface area (Å²) in [5, 5.41) is 6.56. The Kier molecular flexibility index (Phi) is 10.6. The van der Waals surface area contributed by atoms with Gasteiger partial charge in [-0.25, -0.2) is 0 Å². The molecule has 2 N–H and O–H groups in total. The molecule has 27 heavy (non-hydrogen) atoms. The molecule has 2 aliphatic heterocycles. The largest absolute Gasteiger partial charge is 0.354 e. The van der Waals surface area contributed by atoms with Gasteiger partial charge in [-0.05, 0) is 36.9 Å². The van der Waals surface area contributed by atoms with Crippen molar-refractivity contribution >= 4 is 30.7 Å². The van der Waals surface area contributed by atoms with Crippen molar-refractivity contribution in [2.75, 3.05) is 52.4 Å². The fourth-order valence-corrected chi connectivity index (χ4v) is 3.73. The number of halogens is 2. The average Bonchev–Trinajstić information content (AvgIpc) is 2.63. The standard InChI is InChI=1S/C20H32N4O.2ClH/c1-20(7-9-21-10-8-20)17-22-19(25)16-24-13-11-23(12-14-24)15-18-5-3-2-4-6-18;;/h2-6,21H,7-17H2,1H3,(H,22,25);2*1H. The van der Waals surface area contributed by atoms with Gasteiger partial charge >= 0.3 is 0 Å². The van der Waals surface area contributed by atoms with E-state index < -0.39 is 0 Å². The third-order valence-corrected chi connectivity index (χ3v) is 5.60. The monoisotopic (exact) mass is 416 g/mol. The average molecular weight is 417 g/mol. The number of nitrogens with one attached hydrogen (secondary N) is 2. The number of rotatable bonds is 6. The van der Waals surface area contributed by atoms with Gasteiger partial charge in [0.2, 0.25) is 5.91 Å². The van der Waals surface area contributed by atoms with Crippen LogP contribution in [0.4, 0.5) is 0 Å². The molecule has 0 spiro atoms. The molecule has 2 heterocycles. The van der Waals surface area contributed by atoms with Crippen molar-refractivity contribution in [3.63, 3.8) is 0 Å². The van der Waals surface area contributed by atoms with Crippen LogP contribution in [0.25, 0.3) is 0 Å². The van der Waals surface area contributed by atoms with E-state index in [-0.39, 0.29) is 36.1 Å². The molecule has 154 valence electrons. The summed E-state index contributed by atoms with van der Waals surface area (Å²) in [5.74, 6) is 0.177. The number of piperidine rings is 1. The molecule has 0 aliphatic carbocycles. The highest BCUT2D eigenvalue weighted by atomic mass is 35.5. The van der Waals surface area contributed by atoms with Gasteiger partial charge in [-0.2, -0.15) is 0 Å². The molecule has 0 radical (unpaired) electrons. The van der Waals surface area contributed by atoms with Crippen LogP contribution in [0.1, 0.15) is 25.3 Å². The second-order valence-electron chi connectivity index (χ2n) is 7.88. The van der Waals surface area contributed by atoms with Crippen LogP contribution in [-0.2, 0) is 11.3 Å². The minimum atomic E-state index is 0. The van der Waals surface area contributed by atoms with E-state index in [1.54, 1.807) is 0 Å². The van der Waals surface area contributed by atoms with Crippen LogP contribution in [0.2, 0.25) is 0 Å². The first-order valence-corrected chi connectivity index (χ1v) is 9.59. The van der Waals surface area contributed by atoms with E-state index >= 15 is 0 Å². The third-order valence-electron chi connectivity index (χ3n) is 5.60.